The normalized spacial score (nSPS) is 24.5. The third-order valence-corrected chi connectivity index (χ3v) is 4.84. The molecule has 2 aromatic rings. The minimum Gasteiger partial charge on any atom is -0.494 e. The summed E-state index contributed by atoms with van der Waals surface area (Å²) in [6, 6.07) is 4.02. The molecule has 1 aromatic carbocycles. The van der Waals surface area contributed by atoms with Crippen LogP contribution in [-0.2, 0) is 4.74 Å². The Morgan fingerprint density at radius 3 is 3.00 bits per heavy atom. The zero-order chi connectivity index (χ0) is 15.2. The van der Waals surface area contributed by atoms with Gasteiger partial charge in [-0.15, -0.1) is 0 Å². The number of methoxy groups -OCH3 is 1. The van der Waals surface area contributed by atoms with Gasteiger partial charge in [-0.25, -0.2) is 9.97 Å². The monoisotopic (exact) mass is 300 g/mol. The first kappa shape index (κ1) is 13.6. The predicted molar refractivity (Wildman–Crippen MR) is 85.2 cm³/mol. The lowest BCUT2D eigenvalue weighted by molar-refractivity contribution is 0.160. The van der Waals surface area contributed by atoms with Gasteiger partial charge < -0.3 is 20.1 Å². The minimum atomic E-state index is 0.313. The smallest absolute Gasteiger partial charge is 0.146 e. The Kier molecular flexibility index (Phi) is 3.07. The van der Waals surface area contributed by atoms with Crippen molar-refractivity contribution in [3.8, 4) is 5.75 Å². The number of rotatable bonds is 2. The molecule has 0 aliphatic carbocycles. The standard InChI is InChI=1S/C16H20N4O2/c1-21-12-3-2-11(14-15(12)19-13(17)8-18-14)20-6-4-16(9-20)5-7-22-10-16/h2-3,8H,4-7,9-10H2,1H3,(H2,17,19). The van der Waals surface area contributed by atoms with E-state index in [0.717, 1.165) is 49.4 Å². The van der Waals surface area contributed by atoms with E-state index in [-0.39, 0.29) is 0 Å². The molecule has 3 heterocycles. The summed E-state index contributed by atoms with van der Waals surface area (Å²) in [5.74, 6) is 1.11. The number of nitrogens with two attached hydrogens (primary N) is 1. The van der Waals surface area contributed by atoms with Crippen LogP contribution in [0.4, 0.5) is 11.5 Å². The number of hydrogen-bond donors (Lipinski definition) is 1. The van der Waals surface area contributed by atoms with Crippen LogP contribution < -0.4 is 15.4 Å². The van der Waals surface area contributed by atoms with Crippen LogP contribution in [0.1, 0.15) is 12.8 Å². The van der Waals surface area contributed by atoms with Crippen molar-refractivity contribution in [1.29, 1.82) is 0 Å². The molecular formula is C16H20N4O2. The summed E-state index contributed by atoms with van der Waals surface area (Å²) in [6.45, 7) is 3.79. The van der Waals surface area contributed by atoms with E-state index in [0.29, 0.717) is 17.0 Å². The maximum absolute atomic E-state index is 5.79. The summed E-state index contributed by atoms with van der Waals surface area (Å²) in [7, 11) is 1.64. The highest BCUT2D eigenvalue weighted by atomic mass is 16.5. The van der Waals surface area contributed by atoms with Gasteiger partial charge in [-0.05, 0) is 25.0 Å². The first-order valence-electron chi connectivity index (χ1n) is 7.63. The summed E-state index contributed by atoms with van der Waals surface area (Å²) in [5.41, 5.74) is 8.78. The van der Waals surface area contributed by atoms with Crippen molar-refractivity contribution in [2.24, 2.45) is 5.41 Å². The zero-order valence-corrected chi connectivity index (χ0v) is 12.7. The topological polar surface area (TPSA) is 73.5 Å². The predicted octanol–water partition coefficient (Wildman–Crippen LogP) is 1.84. The number of nitrogens with zero attached hydrogens (tertiary/aromatic N) is 3. The van der Waals surface area contributed by atoms with Crippen molar-refractivity contribution >= 4 is 22.5 Å². The van der Waals surface area contributed by atoms with E-state index < -0.39 is 0 Å². The third-order valence-electron chi connectivity index (χ3n) is 4.84. The molecule has 4 rings (SSSR count). The lowest BCUT2D eigenvalue weighted by Gasteiger charge is -2.24. The van der Waals surface area contributed by atoms with Crippen molar-refractivity contribution in [1.82, 2.24) is 9.97 Å². The molecule has 2 N–H and O–H groups in total. The molecule has 6 nitrogen and oxygen atoms in total. The highest BCUT2D eigenvalue weighted by Crippen LogP contribution is 2.42. The van der Waals surface area contributed by atoms with Crippen molar-refractivity contribution in [2.45, 2.75) is 12.8 Å². The van der Waals surface area contributed by atoms with Crippen molar-refractivity contribution in [3.63, 3.8) is 0 Å². The molecule has 0 bridgehead atoms. The molecule has 2 aliphatic heterocycles. The largest absolute Gasteiger partial charge is 0.494 e. The number of fused-ring (bicyclic) bond motifs is 1. The Balaban J connectivity index is 1.76. The molecule has 0 saturated carbocycles. The maximum Gasteiger partial charge on any atom is 0.146 e. The van der Waals surface area contributed by atoms with E-state index in [1.165, 1.54) is 6.42 Å². The van der Waals surface area contributed by atoms with E-state index in [4.69, 9.17) is 15.2 Å². The molecule has 1 unspecified atom stereocenters. The van der Waals surface area contributed by atoms with Gasteiger partial charge in [-0.3, -0.25) is 0 Å². The van der Waals surface area contributed by atoms with Gasteiger partial charge in [0.25, 0.3) is 0 Å². The number of aromatic nitrogens is 2. The fraction of sp³-hybridized carbons (Fsp3) is 0.500. The van der Waals surface area contributed by atoms with Gasteiger partial charge in [0.05, 0.1) is 25.6 Å². The van der Waals surface area contributed by atoms with Crippen molar-refractivity contribution in [2.75, 3.05) is 44.0 Å². The van der Waals surface area contributed by atoms with Gasteiger partial charge in [-0.1, -0.05) is 0 Å². The second-order valence-corrected chi connectivity index (χ2v) is 6.25. The van der Waals surface area contributed by atoms with Gasteiger partial charge in [0.15, 0.2) is 0 Å². The summed E-state index contributed by atoms with van der Waals surface area (Å²) < 4.78 is 11.0. The molecule has 1 atom stereocenters. The summed E-state index contributed by atoms with van der Waals surface area (Å²) >= 11 is 0. The van der Waals surface area contributed by atoms with Crippen LogP contribution in [0.5, 0.6) is 5.75 Å². The lowest BCUT2D eigenvalue weighted by atomic mass is 9.87. The summed E-state index contributed by atoms with van der Waals surface area (Å²) in [5, 5.41) is 0. The third kappa shape index (κ3) is 2.06. The van der Waals surface area contributed by atoms with Gasteiger partial charge in [-0.2, -0.15) is 0 Å². The molecule has 1 spiro atoms. The Morgan fingerprint density at radius 2 is 2.23 bits per heavy atom. The number of anilines is 2. The quantitative estimate of drug-likeness (QED) is 0.912. The molecule has 116 valence electrons. The molecule has 22 heavy (non-hydrogen) atoms. The number of ether oxygens (including phenoxy) is 2. The number of benzene rings is 1. The van der Waals surface area contributed by atoms with E-state index in [9.17, 15) is 0 Å². The van der Waals surface area contributed by atoms with E-state index in [1.807, 2.05) is 6.07 Å². The molecule has 2 saturated heterocycles. The molecular weight excluding hydrogens is 280 g/mol. The average Bonchev–Trinajstić information content (AvgIpc) is 3.16. The van der Waals surface area contributed by atoms with Crippen LogP contribution in [0.25, 0.3) is 11.0 Å². The summed E-state index contributed by atoms with van der Waals surface area (Å²) in [6.07, 6.45) is 3.93. The molecule has 1 aromatic heterocycles. The SMILES string of the molecule is COc1ccc(N2CCC3(CCOC3)C2)c2ncc(N)nc12. The van der Waals surface area contributed by atoms with E-state index in [1.54, 1.807) is 13.3 Å². The Hall–Kier alpha value is -2.08. The van der Waals surface area contributed by atoms with Crippen LogP contribution in [0.2, 0.25) is 0 Å². The Bertz CT molecular complexity index is 713. The van der Waals surface area contributed by atoms with Crippen LogP contribution in [0, 0.1) is 5.41 Å². The number of hydrogen-bond acceptors (Lipinski definition) is 6. The van der Waals surface area contributed by atoms with Crippen LogP contribution >= 0.6 is 0 Å². The molecule has 0 amide bonds. The lowest BCUT2D eigenvalue weighted by Crippen LogP contribution is -2.27. The van der Waals surface area contributed by atoms with Gasteiger partial charge in [0, 0.05) is 25.1 Å². The first-order chi connectivity index (χ1) is 10.7. The molecule has 2 aliphatic rings. The van der Waals surface area contributed by atoms with Crippen molar-refractivity contribution in [3.05, 3.63) is 18.3 Å². The number of nitrogen functional groups attached to an aromatic ring is 1. The van der Waals surface area contributed by atoms with Gasteiger partial charge in [0.1, 0.15) is 22.6 Å². The highest BCUT2D eigenvalue weighted by molar-refractivity contribution is 5.93. The first-order valence-corrected chi connectivity index (χ1v) is 7.63. The fourth-order valence-electron chi connectivity index (χ4n) is 3.61. The van der Waals surface area contributed by atoms with E-state index >= 15 is 0 Å². The second-order valence-electron chi connectivity index (χ2n) is 6.25. The molecule has 6 heteroatoms. The second kappa shape index (κ2) is 4.98. The zero-order valence-electron chi connectivity index (χ0n) is 12.7. The molecule has 2 fully saturated rings. The maximum atomic E-state index is 5.79. The minimum absolute atomic E-state index is 0.313. The Labute approximate surface area is 129 Å². The van der Waals surface area contributed by atoms with Crippen LogP contribution in [0.15, 0.2) is 18.3 Å². The van der Waals surface area contributed by atoms with Gasteiger partial charge in [0.2, 0.25) is 0 Å². The van der Waals surface area contributed by atoms with Crippen LogP contribution in [0.3, 0.4) is 0 Å². The Morgan fingerprint density at radius 1 is 1.32 bits per heavy atom. The van der Waals surface area contributed by atoms with Crippen LogP contribution in [-0.4, -0.2) is 43.4 Å². The van der Waals surface area contributed by atoms with Gasteiger partial charge >= 0.3 is 0 Å². The fourth-order valence-corrected chi connectivity index (χ4v) is 3.61. The highest BCUT2D eigenvalue weighted by Gasteiger charge is 2.41. The van der Waals surface area contributed by atoms with Crippen molar-refractivity contribution < 1.29 is 9.47 Å². The molecule has 0 radical (unpaired) electrons. The van der Waals surface area contributed by atoms with E-state index in [2.05, 4.69) is 20.9 Å². The average molecular weight is 300 g/mol. The summed E-state index contributed by atoms with van der Waals surface area (Å²) in [4.78, 5) is 11.3.